The van der Waals surface area contributed by atoms with Gasteiger partial charge in [0.15, 0.2) is 6.54 Å². The molecule has 0 aromatic heterocycles. The molecule has 0 aliphatic carbocycles. The van der Waals surface area contributed by atoms with Crippen molar-refractivity contribution in [3.63, 3.8) is 0 Å². The number of unbranched alkanes of at least 4 members (excludes halogenated alkanes) is 5. The molecule has 0 bridgehead atoms. The Morgan fingerprint density at radius 2 is 1.52 bits per heavy atom. The number of nitrogens with zero attached hydrogens (tertiary/aromatic N) is 1. The summed E-state index contributed by atoms with van der Waals surface area (Å²) in [4.78, 5) is 12.3. The number of para-hydroxylation sites is 1. The van der Waals surface area contributed by atoms with E-state index in [1.807, 2.05) is 44.4 Å². The largest absolute Gasteiger partial charge is 0.490 e. The first kappa shape index (κ1) is 24.9. The van der Waals surface area contributed by atoms with Crippen LogP contribution in [0.3, 0.4) is 0 Å². The quantitative estimate of drug-likeness (QED) is 0.205. The second kappa shape index (κ2) is 13.9. The minimum Gasteiger partial charge on any atom is -0.490 e. The van der Waals surface area contributed by atoms with Gasteiger partial charge in [-0.25, -0.2) is 4.79 Å². The Hall–Kier alpha value is -2.33. The number of ether oxygens (including phenoxy) is 2. The second-order valence-electron chi connectivity index (χ2n) is 8.93. The molecule has 0 amide bonds. The molecule has 2 aromatic carbocycles. The number of likely N-dealkylation sites (N-methyl/N-ethyl adjacent to an activating group) is 1. The van der Waals surface area contributed by atoms with Crippen LogP contribution in [0.25, 0.3) is 0 Å². The van der Waals surface area contributed by atoms with Crippen molar-refractivity contribution in [2.75, 3.05) is 33.9 Å². The van der Waals surface area contributed by atoms with E-state index in [9.17, 15) is 4.79 Å². The van der Waals surface area contributed by atoms with Gasteiger partial charge in [-0.1, -0.05) is 87.6 Å². The molecule has 0 heterocycles. The van der Waals surface area contributed by atoms with Gasteiger partial charge in [-0.2, -0.15) is 0 Å². The average molecular weight is 427 g/mol. The summed E-state index contributed by atoms with van der Waals surface area (Å²) in [6.07, 6.45) is 8.75. The lowest BCUT2D eigenvalue weighted by molar-refractivity contribution is -0.896. The highest BCUT2D eigenvalue weighted by Crippen LogP contribution is 2.21. The molecule has 0 radical (unpaired) electrons. The minimum atomic E-state index is -0.190. The van der Waals surface area contributed by atoms with Gasteiger partial charge in [0.2, 0.25) is 0 Å². The second-order valence-corrected chi connectivity index (χ2v) is 8.93. The molecule has 2 rings (SSSR count). The topological polar surface area (TPSA) is 35.5 Å². The van der Waals surface area contributed by atoms with Crippen LogP contribution >= 0.6 is 0 Å². The summed E-state index contributed by atoms with van der Waals surface area (Å²) in [6.45, 7) is 4.03. The first-order chi connectivity index (χ1) is 15.0. The third kappa shape index (κ3) is 10.5. The van der Waals surface area contributed by atoms with Crippen molar-refractivity contribution in [1.82, 2.24) is 0 Å². The number of quaternary nitrogens is 1. The number of esters is 1. The van der Waals surface area contributed by atoms with E-state index in [-0.39, 0.29) is 12.6 Å². The van der Waals surface area contributed by atoms with Crippen molar-refractivity contribution >= 4 is 5.97 Å². The van der Waals surface area contributed by atoms with Crippen LogP contribution < -0.4 is 4.74 Å². The Balaban J connectivity index is 1.68. The first-order valence-electron chi connectivity index (χ1n) is 11.7. The molecule has 0 fully saturated rings. The molecular weight excluding hydrogens is 386 g/mol. The summed E-state index contributed by atoms with van der Waals surface area (Å²) in [6, 6.07) is 18.4. The fraction of sp³-hybridized carbons (Fsp3) is 0.519. The minimum absolute atomic E-state index is 0.190. The molecule has 0 unspecified atom stereocenters. The van der Waals surface area contributed by atoms with Crippen LogP contribution in [0, 0.1) is 0 Å². The maximum Gasteiger partial charge on any atom is 0.361 e. The predicted octanol–water partition coefficient (Wildman–Crippen LogP) is 5.79. The molecule has 4 heteroatoms. The monoisotopic (exact) mass is 426 g/mol. The molecule has 0 saturated carbocycles. The van der Waals surface area contributed by atoms with Crippen LogP contribution in [-0.2, 0) is 22.5 Å². The lowest BCUT2D eigenvalue weighted by Gasteiger charge is -2.28. The summed E-state index contributed by atoms with van der Waals surface area (Å²) >= 11 is 0. The van der Waals surface area contributed by atoms with Gasteiger partial charge in [0.1, 0.15) is 25.5 Å². The van der Waals surface area contributed by atoms with Crippen molar-refractivity contribution in [2.24, 2.45) is 0 Å². The van der Waals surface area contributed by atoms with E-state index in [4.69, 9.17) is 9.47 Å². The third-order valence-electron chi connectivity index (χ3n) is 5.39. The molecule has 170 valence electrons. The standard InChI is InChI=1S/C27H40NO3/c1-4-5-6-7-8-12-17-25-18-13-14-19-26(25)30-20-21-31-27(29)23-28(2,3)22-24-15-10-9-11-16-24/h9-11,13-16,18-19H,4-8,12,17,20-23H2,1-3H3/q+1. The summed E-state index contributed by atoms with van der Waals surface area (Å²) in [5.74, 6) is 0.720. The summed E-state index contributed by atoms with van der Waals surface area (Å²) < 4.78 is 11.9. The molecule has 0 aliphatic rings. The normalized spacial score (nSPS) is 11.3. The zero-order chi connectivity index (χ0) is 22.4. The number of rotatable bonds is 15. The maximum atomic E-state index is 12.3. The number of carbonyl (C=O) groups excluding carboxylic acids is 1. The van der Waals surface area contributed by atoms with E-state index >= 15 is 0 Å². The van der Waals surface area contributed by atoms with Crippen LogP contribution in [0.2, 0.25) is 0 Å². The number of aryl methyl sites for hydroxylation is 1. The lowest BCUT2D eigenvalue weighted by atomic mass is 10.0. The van der Waals surface area contributed by atoms with Gasteiger partial charge in [-0.3, -0.25) is 0 Å². The van der Waals surface area contributed by atoms with Crippen LogP contribution in [0.1, 0.15) is 56.6 Å². The maximum absolute atomic E-state index is 12.3. The first-order valence-corrected chi connectivity index (χ1v) is 11.7. The van der Waals surface area contributed by atoms with Crippen LogP contribution in [0.15, 0.2) is 54.6 Å². The van der Waals surface area contributed by atoms with Crippen molar-refractivity contribution in [2.45, 2.75) is 58.4 Å². The Morgan fingerprint density at radius 3 is 2.29 bits per heavy atom. The Bertz CT molecular complexity index is 758. The predicted molar refractivity (Wildman–Crippen MR) is 127 cm³/mol. The van der Waals surface area contributed by atoms with Crippen LogP contribution in [0.5, 0.6) is 5.75 Å². The molecule has 0 saturated heterocycles. The van der Waals surface area contributed by atoms with Gasteiger partial charge in [0, 0.05) is 5.56 Å². The van der Waals surface area contributed by atoms with Gasteiger partial charge >= 0.3 is 5.97 Å². The van der Waals surface area contributed by atoms with Crippen molar-refractivity contribution in [3.05, 3.63) is 65.7 Å². The van der Waals surface area contributed by atoms with Crippen molar-refractivity contribution in [3.8, 4) is 5.75 Å². The van der Waals surface area contributed by atoms with Gasteiger partial charge in [0.05, 0.1) is 14.1 Å². The number of hydrogen-bond donors (Lipinski definition) is 0. The molecular formula is C27H40NO3+. The van der Waals surface area contributed by atoms with Gasteiger partial charge in [0.25, 0.3) is 0 Å². The van der Waals surface area contributed by atoms with E-state index in [1.165, 1.54) is 49.7 Å². The zero-order valence-corrected chi connectivity index (χ0v) is 19.6. The Kier molecular flexibility index (Phi) is 11.2. The van der Waals surface area contributed by atoms with Gasteiger partial charge in [-0.05, 0) is 24.5 Å². The SMILES string of the molecule is CCCCCCCCc1ccccc1OCCOC(=O)C[N+](C)(C)Cc1ccccc1. The molecule has 0 aliphatic heterocycles. The van der Waals surface area contributed by atoms with E-state index in [2.05, 4.69) is 31.2 Å². The molecule has 4 nitrogen and oxygen atoms in total. The molecule has 2 aromatic rings. The fourth-order valence-electron chi connectivity index (χ4n) is 3.78. The highest BCUT2D eigenvalue weighted by molar-refractivity contribution is 5.70. The Labute approximate surface area is 188 Å². The fourth-order valence-corrected chi connectivity index (χ4v) is 3.78. The van der Waals surface area contributed by atoms with Crippen LogP contribution in [-0.4, -0.2) is 44.3 Å². The highest BCUT2D eigenvalue weighted by atomic mass is 16.6. The van der Waals surface area contributed by atoms with Crippen molar-refractivity contribution < 1.29 is 18.8 Å². The molecule has 31 heavy (non-hydrogen) atoms. The van der Waals surface area contributed by atoms with E-state index in [1.54, 1.807) is 0 Å². The molecule has 0 atom stereocenters. The van der Waals surface area contributed by atoms with Crippen molar-refractivity contribution in [1.29, 1.82) is 0 Å². The lowest BCUT2D eigenvalue weighted by Crippen LogP contribution is -2.43. The number of benzene rings is 2. The molecule has 0 spiro atoms. The summed E-state index contributed by atoms with van der Waals surface area (Å²) in [5.41, 5.74) is 2.45. The van der Waals surface area contributed by atoms with E-state index in [0.717, 1.165) is 18.7 Å². The smallest absolute Gasteiger partial charge is 0.361 e. The van der Waals surface area contributed by atoms with E-state index < -0.39 is 0 Å². The summed E-state index contributed by atoms with van der Waals surface area (Å²) in [7, 11) is 4.09. The average Bonchev–Trinajstić information content (AvgIpc) is 2.74. The third-order valence-corrected chi connectivity index (χ3v) is 5.39. The number of carbonyl (C=O) groups is 1. The van der Waals surface area contributed by atoms with E-state index in [0.29, 0.717) is 17.6 Å². The zero-order valence-electron chi connectivity index (χ0n) is 19.6. The Morgan fingerprint density at radius 1 is 0.839 bits per heavy atom. The van der Waals surface area contributed by atoms with Gasteiger partial charge < -0.3 is 14.0 Å². The van der Waals surface area contributed by atoms with Gasteiger partial charge in [-0.15, -0.1) is 0 Å². The number of hydrogen-bond acceptors (Lipinski definition) is 3. The highest BCUT2D eigenvalue weighted by Gasteiger charge is 2.21. The van der Waals surface area contributed by atoms with Crippen LogP contribution in [0.4, 0.5) is 0 Å². The summed E-state index contributed by atoms with van der Waals surface area (Å²) in [5, 5.41) is 0. The molecule has 0 N–H and O–H groups in total.